The Morgan fingerprint density at radius 2 is 1.88 bits per heavy atom. The summed E-state index contributed by atoms with van der Waals surface area (Å²) in [6, 6.07) is 11.6. The minimum absolute atomic E-state index is 0.741. The molecule has 1 nitrogen and oxygen atoms in total. The SMILES string of the molecule is CC(C)[C@@H]1CC[C@@H](C)N(Cc2ccccc2)C1. The fourth-order valence-electron chi connectivity index (χ4n) is 2.79. The smallest absolute Gasteiger partial charge is 0.0236 e. The van der Waals surface area contributed by atoms with E-state index in [1.807, 2.05) is 0 Å². The Hall–Kier alpha value is -0.820. The van der Waals surface area contributed by atoms with E-state index in [0.717, 1.165) is 24.4 Å². The van der Waals surface area contributed by atoms with Gasteiger partial charge < -0.3 is 0 Å². The van der Waals surface area contributed by atoms with Gasteiger partial charge in [-0.25, -0.2) is 0 Å². The molecule has 1 aromatic carbocycles. The molecule has 1 aromatic rings. The lowest BCUT2D eigenvalue weighted by atomic mass is 9.85. The Morgan fingerprint density at radius 1 is 1.18 bits per heavy atom. The largest absolute Gasteiger partial charge is 0.296 e. The van der Waals surface area contributed by atoms with Crippen LogP contribution in [0.3, 0.4) is 0 Å². The predicted octanol–water partition coefficient (Wildman–Crippen LogP) is 3.94. The van der Waals surface area contributed by atoms with Gasteiger partial charge >= 0.3 is 0 Å². The highest BCUT2D eigenvalue weighted by Gasteiger charge is 2.26. The van der Waals surface area contributed by atoms with Crippen molar-refractivity contribution >= 4 is 0 Å². The van der Waals surface area contributed by atoms with Gasteiger partial charge in [0.1, 0.15) is 0 Å². The second-order valence-corrected chi connectivity index (χ2v) is 5.85. The van der Waals surface area contributed by atoms with E-state index in [0.29, 0.717) is 0 Å². The zero-order valence-electron chi connectivity index (χ0n) is 11.4. The number of rotatable bonds is 3. The van der Waals surface area contributed by atoms with Crippen molar-refractivity contribution in [3.05, 3.63) is 35.9 Å². The van der Waals surface area contributed by atoms with Gasteiger partial charge in [-0.3, -0.25) is 4.90 Å². The average Bonchev–Trinajstić information content (AvgIpc) is 2.33. The van der Waals surface area contributed by atoms with Gasteiger partial charge in [0.15, 0.2) is 0 Å². The maximum absolute atomic E-state index is 2.66. The summed E-state index contributed by atoms with van der Waals surface area (Å²) in [6.45, 7) is 9.49. The number of nitrogens with zero attached hydrogens (tertiary/aromatic N) is 1. The lowest BCUT2D eigenvalue weighted by Gasteiger charge is -2.39. The molecule has 1 heterocycles. The van der Waals surface area contributed by atoms with E-state index in [2.05, 4.69) is 56.0 Å². The van der Waals surface area contributed by atoms with Crippen molar-refractivity contribution in [1.82, 2.24) is 4.90 Å². The topological polar surface area (TPSA) is 3.24 Å². The molecule has 1 aliphatic heterocycles. The number of hydrogen-bond acceptors (Lipinski definition) is 1. The molecule has 0 N–H and O–H groups in total. The van der Waals surface area contributed by atoms with Crippen LogP contribution in [-0.2, 0) is 6.54 Å². The fraction of sp³-hybridized carbons (Fsp3) is 0.625. The molecule has 1 fully saturated rings. The highest BCUT2D eigenvalue weighted by Crippen LogP contribution is 2.28. The molecule has 0 radical (unpaired) electrons. The standard InChI is InChI=1S/C16H25N/c1-13(2)16-10-9-14(3)17(12-16)11-15-7-5-4-6-8-15/h4-8,13-14,16H,9-12H2,1-3H3/t14-,16-/m1/s1. The molecule has 0 saturated carbocycles. The van der Waals surface area contributed by atoms with Crippen LogP contribution in [0.1, 0.15) is 39.2 Å². The summed E-state index contributed by atoms with van der Waals surface area (Å²) in [7, 11) is 0. The van der Waals surface area contributed by atoms with Crippen molar-refractivity contribution in [2.75, 3.05) is 6.54 Å². The second kappa shape index (κ2) is 5.68. The molecule has 2 atom stereocenters. The number of hydrogen-bond donors (Lipinski definition) is 0. The van der Waals surface area contributed by atoms with Crippen LogP contribution in [0.4, 0.5) is 0 Å². The van der Waals surface area contributed by atoms with Crippen molar-refractivity contribution in [2.45, 2.75) is 46.2 Å². The third-order valence-electron chi connectivity index (χ3n) is 4.22. The van der Waals surface area contributed by atoms with Crippen molar-refractivity contribution in [2.24, 2.45) is 11.8 Å². The van der Waals surface area contributed by atoms with Gasteiger partial charge in [-0.2, -0.15) is 0 Å². The van der Waals surface area contributed by atoms with Crippen LogP contribution < -0.4 is 0 Å². The molecular weight excluding hydrogens is 206 g/mol. The molecule has 0 spiro atoms. The summed E-state index contributed by atoms with van der Waals surface area (Å²) in [6.07, 6.45) is 2.76. The molecule has 1 saturated heterocycles. The summed E-state index contributed by atoms with van der Waals surface area (Å²) in [4.78, 5) is 2.66. The van der Waals surface area contributed by atoms with Crippen LogP contribution in [-0.4, -0.2) is 17.5 Å². The number of benzene rings is 1. The Bertz CT molecular complexity index is 331. The van der Waals surface area contributed by atoms with Crippen LogP contribution >= 0.6 is 0 Å². The van der Waals surface area contributed by atoms with E-state index in [-0.39, 0.29) is 0 Å². The third-order valence-corrected chi connectivity index (χ3v) is 4.22. The highest BCUT2D eigenvalue weighted by molar-refractivity contribution is 5.14. The molecule has 17 heavy (non-hydrogen) atoms. The first-order valence-corrected chi connectivity index (χ1v) is 6.95. The normalized spacial score (nSPS) is 26.4. The van der Waals surface area contributed by atoms with Gasteiger partial charge in [0.05, 0.1) is 0 Å². The molecular formula is C16H25N. The van der Waals surface area contributed by atoms with Crippen LogP contribution in [0.5, 0.6) is 0 Å². The van der Waals surface area contributed by atoms with E-state index in [1.165, 1.54) is 24.9 Å². The van der Waals surface area contributed by atoms with E-state index < -0.39 is 0 Å². The summed E-state index contributed by atoms with van der Waals surface area (Å²) < 4.78 is 0. The predicted molar refractivity (Wildman–Crippen MR) is 73.9 cm³/mol. The fourth-order valence-corrected chi connectivity index (χ4v) is 2.79. The average molecular weight is 231 g/mol. The maximum Gasteiger partial charge on any atom is 0.0236 e. The molecule has 0 aliphatic carbocycles. The van der Waals surface area contributed by atoms with Crippen LogP contribution in [0.2, 0.25) is 0 Å². The van der Waals surface area contributed by atoms with Crippen molar-refractivity contribution in [3.8, 4) is 0 Å². The van der Waals surface area contributed by atoms with Gasteiger partial charge in [-0.1, -0.05) is 44.2 Å². The molecule has 1 aliphatic rings. The zero-order chi connectivity index (χ0) is 12.3. The summed E-state index contributed by atoms with van der Waals surface area (Å²) in [5, 5.41) is 0. The van der Waals surface area contributed by atoms with Crippen LogP contribution in [0.25, 0.3) is 0 Å². The Morgan fingerprint density at radius 3 is 2.53 bits per heavy atom. The first kappa shape index (κ1) is 12.6. The van der Waals surface area contributed by atoms with Gasteiger partial charge in [-0.15, -0.1) is 0 Å². The molecule has 0 aromatic heterocycles. The Kier molecular flexibility index (Phi) is 4.22. The lowest BCUT2D eigenvalue weighted by molar-refractivity contribution is 0.0897. The summed E-state index contributed by atoms with van der Waals surface area (Å²) in [5.41, 5.74) is 1.45. The van der Waals surface area contributed by atoms with Gasteiger partial charge in [0, 0.05) is 19.1 Å². The maximum atomic E-state index is 2.66. The quantitative estimate of drug-likeness (QED) is 0.761. The van der Waals surface area contributed by atoms with Crippen molar-refractivity contribution in [3.63, 3.8) is 0 Å². The van der Waals surface area contributed by atoms with E-state index in [4.69, 9.17) is 0 Å². The van der Waals surface area contributed by atoms with Gasteiger partial charge in [0.25, 0.3) is 0 Å². The first-order valence-electron chi connectivity index (χ1n) is 6.95. The number of piperidine rings is 1. The molecule has 2 rings (SSSR count). The van der Waals surface area contributed by atoms with Crippen molar-refractivity contribution < 1.29 is 0 Å². The van der Waals surface area contributed by atoms with E-state index in [9.17, 15) is 0 Å². The van der Waals surface area contributed by atoms with E-state index >= 15 is 0 Å². The molecule has 0 unspecified atom stereocenters. The Labute approximate surface area is 106 Å². The molecule has 1 heteroatoms. The van der Waals surface area contributed by atoms with Crippen LogP contribution in [0, 0.1) is 11.8 Å². The molecule has 0 amide bonds. The van der Waals surface area contributed by atoms with Crippen LogP contribution in [0.15, 0.2) is 30.3 Å². The summed E-state index contributed by atoms with van der Waals surface area (Å²) in [5.74, 6) is 1.70. The summed E-state index contributed by atoms with van der Waals surface area (Å²) >= 11 is 0. The third kappa shape index (κ3) is 3.32. The Balaban J connectivity index is 1.99. The second-order valence-electron chi connectivity index (χ2n) is 5.85. The molecule has 0 bridgehead atoms. The van der Waals surface area contributed by atoms with Crippen molar-refractivity contribution in [1.29, 1.82) is 0 Å². The monoisotopic (exact) mass is 231 g/mol. The highest BCUT2D eigenvalue weighted by atomic mass is 15.2. The van der Waals surface area contributed by atoms with Gasteiger partial charge in [0.2, 0.25) is 0 Å². The zero-order valence-corrected chi connectivity index (χ0v) is 11.4. The minimum Gasteiger partial charge on any atom is -0.296 e. The lowest BCUT2D eigenvalue weighted by Crippen LogP contribution is -2.42. The minimum atomic E-state index is 0.741. The number of likely N-dealkylation sites (tertiary alicyclic amines) is 1. The van der Waals surface area contributed by atoms with Gasteiger partial charge in [-0.05, 0) is 37.2 Å². The van der Waals surface area contributed by atoms with E-state index in [1.54, 1.807) is 0 Å². The first-order chi connectivity index (χ1) is 8.16. The molecule has 94 valence electrons.